The fourth-order valence-corrected chi connectivity index (χ4v) is 3.56. The number of rotatable bonds is 6. The molecule has 0 bridgehead atoms. The van der Waals surface area contributed by atoms with Crippen molar-refractivity contribution in [2.24, 2.45) is 0 Å². The Hall–Kier alpha value is -3.86. The van der Waals surface area contributed by atoms with Gasteiger partial charge in [0.05, 0.1) is 7.11 Å². The predicted molar refractivity (Wildman–Crippen MR) is 120 cm³/mol. The summed E-state index contributed by atoms with van der Waals surface area (Å²) in [5, 5.41) is 0.789. The molecule has 5 nitrogen and oxygen atoms in total. The maximum Gasteiger partial charge on any atom is 0.336 e. The van der Waals surface area contributed by atoms with Crippen LogP contribution < -0.4 is 15.1 Å². The molecule has 0 N–H and O–H groups in total. The lowest BCUT2D eigenvalue weighted by Crippen LogP contribution is -2.24. The van der Waals surface area contributed by atoms with Crippen LogP contribution in [0.1, 0.15) is 22.8 Å². The molecule has 4 aromatic rings. The van der Waals surface area contributed by atoms with E-state index < -0.39 is 11.7 Å². The first kappa shape index (κ1) is 20.4. The Bertz CT molecular complexity index is 1290. The van der Waals surface area contributed by atoms with Gasteiger partial charge in [-0.1, -0.05) is 42.5 Å². The topological polar surface area (TPSA) is 65.7 Å². The summed E-state index contributed by atoms with van der Waals surface area (Å²) < 4.78 is 16.7. The second-order valence-electron chi connectivity index (χ2n) is 7.26. The van der Waals surface area contributed by atoms with E-state index in [1.165, 1.54) is 6.07 Å². The molecule has 1 heterocycles. The molecule has 1 aromatic heterocycles. The number of fused-ring (bicyclic) bond motifs is 1. The third-order valence-corrected chi connectivity index (χ3v) is 5.24. The van der Waals surface area contributed by atoms with E-state index in [2.05, 4.69) is 0 Å². The van der Waals surface area contributed by atoms with E-state index in [0.29, 0.717) is 22.5 Å². The summed E-state index contributed by atoms with van der Waals surface area (Å²) >= 11 is 0. The summed E-state index contributed by atoms with van der Waals surface area (Å²) in [6.07, 6.45) is -0.685. The fourth-order valence-electron chi connectivity index (χ4n) is 3.56. The number of carbonyl (C=O) groups is 1. The summed E-state index contributed by atoms with van der Waals surface area (Å²) in [7, 11) is 1.61. The average Bonchev–Trinajstić information content (AvgIpc) is 2.80. The smallest absolute Gasteiger partial charge is 0.336 e. The van der Waals surface area contributed by atoms with Crippen LogP contribution in [0.5, 0.6) is 11.5 Å². The summed E-state index contributed by atoms with van der Waals surface area (Å²) in [4.78, 5) is 25.0. The molecule has 5 heteroatoms. The minimum Gasteiger partial charge on any atom is -0.497 e. The van der Waals surface area contributed by atoms with Crippen molar-refractivity contribution in [2.45, 2.75) is 20.0 Å². The molecule has 0 aliphatic carbocycles. The molecule has 0 amide bonds. The monoisotopic (exact) mass is 414 g/mol. The fraction of sp³-hybridized carbons (Fsp3) is 0.154. The lowest BCUT2D eigenvalue weighted by molar-refractivity contribution is 0.0817. The van der Waals surface area contributed by atoms with Gasteiger partial charge in [0, 0.05) is 22.6 Å². The van der Waals surface area contributed by atoms with Crippen LogP contribution in [0.15, 0.2) is 82.0 Å². The lowest BCUT2D eigenvalue weighted by Gasteiger charge is -2.17. The Balaban J connectivity index is 1.72. The van der Waals surface area contributed by atoms with E-state index in [1.54, 1.807) is 32.2 Å². The highest BCUT2D eigenvalue weighted by atomic mass is 16.5. The minimum atomic E-state index is -0.685. The van der Waals surface area contributed by atoms with E-state index in [0.717, 1.165) is 22.3 Å². The Morgan fingerprint density at radius 1 is 0.968 bits per heavy atom. The Morgan fingerprint density at radius 3 is 2.35 bits per heavy atom. The van der Waals surface area contributed by atoms with Gasteiger partial charge >= 0.3 is 5.63 Å². The Morgan fingerprint density at radius 2 is 1.68 bits per heavy atom. The Kier molecular flexibility index (Phi) is 5.58. The number of hydrogen-bond acceptors (Lipinski definition) is 5. The molecule has 0 fully saturated rings. The number of ether oxygens (including phenoxy) is 2. The third kappa shape index (κ3) is 4.08. The maximum absolute atomic E-state index is 12.7. The van der Waals surface area contributed by atoms with Gasteiger partial charge in [-0.3, -0.25) is 4.79 Å². The van der Waals surface area contributed by atoms with Gasteiger partial charge < -0.3 is 13.9 Å². The molecule has 31 heavy (non-hydrogen) atoms. The largest absolute Gasteiger partial charge is 0.497 e. The second kappa shape index (κ2) is 8.48. The number of carbonyl (C=O) groups excluding carboxylic acids is 1. The first-order chi connectivity index (χ1) is 15.0. The predicted octanol–water partition coefficient (Wildman–Crippen LogP) is 5.43. The van der Waals surface area contributed by atoms with Gasteiger partial charge in [0.1, 0.15) is 17.1 Å². The minimum absolute atomic E-state index is 0.117. The normalized spacial score (nSPS) is 11.8. The molecule has 0 aliphatic heterocycles. The van der Waals surface area contributed by atoms with Gasteiger partial charge in [-0.2, -0.15) is 0 Å². The SMILES string of the molecule is COc1ccc(-c2cc(=O)oc3c(C)c(O[C@H](C)C(=O)c4ccccc4)ccc23)cc1. The highest BCUT2D eigenvalue weighted by Gasteiger charge is 2.19. The van der Waals surface area contributed by atoms with Crippen molar-refractivity contribution in [3.05, 3.63) is 94.3 Å². The van der Waals surface area contributed by atoms with Crippen LogP contribution in [0.25, 0.3) is 22.1 Å². The molecule has 0 unspecified atom stereocenters. The Labute approximate surface area is 179 Å². The van der Waals surface area contributed by atoms with Crippen LogP contribution in [0, 0.1) is 6.92 Å². The number of aryl methyl sites for hydroxylation is 1. The van der Waals surface area contributed by atoms with Crippen molar-refractivity contribution >= 4 is 16.8 Å². The standard InChI is InChI=1S/C26H22O5/c1-16-23(30-17(2)25(28)19-7-5-4-6-8-19)14-13-21-22(15-24(27)31-26(16)21)18-9-11-20(29-3)12-10-18/h4-15,17H,1-3H3/t17-/m1/s1. The summed E-state index contributed by atoms with van der Waals surface area (Å²) in [5.41, 5.74) is 2.87. The van der Waals surface area contributed by atoms with Crippen LogP contribution >= 0.6 is 0 Å². The quantitative estimate of drug-likeness (QED) is 0.311. The number of ketones is 1. The summed E-state index contributed by atoms with van der Waals surface area (Å²) in [5.74, 6) is 1.12. The van der Waals surface area contributed by atoms with Gasteiger partial charge in [-0.25, -0.2) is 4.79 Å². The molecular formula is C26H22O5. The van der Waals surface area contributed by atoms with E-state index in [-0.39, 0.29) is 5.78 Å². The summed E-state index contributed by atoms with van der Waals surface area (Å²) in [6, 6.07) is 21.6. The molecule has 3 aromatic carbocycles. The molecule has 4 rings (SSSR count). The number of Topliss-reactive ketones (excluding diaryl/α,β-unsaturated/α-hetero) is 1. The molecule has 0 spiro atoms. The zero-order chi connectivity index (χ0) is 22.0. The lowest BCUT2D eigenvalue weighted by atomic mass is 10.00. The van der Waals surface area contributed by atoms with E-state index in [9.17, 15) is 9.59 Å². The van der Waals surface area contributed by atoms with Gasteiger partial charge in [-0.05, 0) is 49.2 Å². The van der Waals surface area contributed by atoms with Crippen molar-refractivity contribution in [2.75, 3.05) is 7.11 Å². The van der Waals surface area contributed by atoms with E-state index >= 15 is 0 Å². The van der Waals surface area contributed by atoms with Crippen LogP contribution in [0.3, 0.4) is 0 Å². The van der Waals surface area contributed by atoms with Crippen molar-refractivity contribution in [3.63, 3.8) is 0 Å². The van der Waals surface area contributed by atoms with Gasteiger partial charge in [0.25, 0.3) is 0 Å². The molecule has 1 atom stereocenters. The number of benzene rings is 3. The van der Waals surface area contributed by atoms with Crippen LogP contribution in [-0.4, -0.2) is 19.0 Å². The maximum atomic E-state index is 12.7. The van der Waals surface area contributed by atoms with Crippen LogP contribution in [0.2, 0.25) is 0 Å². The average molecular weight is 414 g/mol. The second-order valence-corrected chi connectivity index (χ2v) is 7.26. The van der Waals surface area contributed by atoms with Gasteiger partial charge in [0.2, 0.25) is 5.78 Å². The summed E-state index contributed by atoms with van der Waals surface area (Å²) in [6.45, 7) is 3.53. The van der Waals surface area contributed by atoms with Crippen molar-refractivity contribution in [1.82, 2.24) is 0 Å². The molecule has 156 valence electrons. The third-order valence-electron chi connectivity index (χ3n) is 5.24. The van der Waals surface area contributed by atoms with Crippen LogP contribution in [0.4, 0.5) is 0 Å². The number of methoxy groups -OCH3 is 1. The first-order valence-corrected chi connectivity index (χ1v) is 9.95. The highest BCUT2D eigenvalue weighted by Crippen LogP contribution is 2.34. The van der Waals surface area contributed by atoms with Crippen molar-refractivity contribution in [1.29, 1.82) is 0 Å². The zero-order valence-corrected chi connectivity index (χ0v) is 17.5. The van der Waals surface area contributed by atoms with Crippen LogP contribution in [-0.2, 0) is 0 Å². The molecule has 0 radical (unpaired) electrons. The van der Waals surface area contributed by atoms with E-state index in [4.69, 9.17) is 13.9 Å². The van der Waals surface area contributed by atoms with Crippen molar-refractivity contribution < 1.29 is 18.7 Å². The van der Waals surface area contributed by atoms with Gasteiger partial charge in [-0.15, -0.1) is 0 Å². The van der Waals surface area contributed by atoms with Gasteiger partial charge in [0.15, 0.2) is 6.10 Å². The highest BCUT2D eigenvalue weighted by molar-refractivity contribution is 5.99. The molecule has 0 saturated heterocycles. The first-order valence-electron chi connectivity index (χ1n) is 9.95. The van der Waals surface area contributed by atoms with E-state index in [1.807, 2.05) is 55.5 Å². The molecular weight excluding hydrogens is 392 g/mol. The van der Waals surface area contributed by atoms with Crippen molar-refractivity contribution in [3.8, 4) is 22.6 Å². The molecule has 0 aliphatic rings. The molecule has 0 saturated carbocycles. The number of hydrogen-bond donors (Lipinski definition) is 0. The zero-order valence-electron chi connectivity index (χ0n) is 17.5.